The van der Waals surface area contributed by atoms with Gasteiger partial charge in [-0.15, -0.1) is 0 Å². The first-order chi connectivity index (χ1) is 20.5. The summed E-state index contributed by atoms with van der Waals surface area (Å²) in [7, 11) is 1.41. The Labute approximate surface area is 254 Å². The number of Topliss-reactive ketones (excluding diaryl/α,β-unsaturated/α-hetero) is 1. The van der Waals surface area contributed by atoms with Gasteiger partial charge in [0.2, 0.25) is 0 Å². The number of hydrogen-bond acceptors (Lipinski definition) is 8. The van der Waals surface area contributed by atoms with Gasteiger partial charge in [-0.25, -0.2) is 0 Å². The molecule has 0 spiro atoms. The second kappa shape index (κ2) is 12.6. The number of hydrogen-bond donors (Lipinski definition) is 0. The number of carbonyl (C=O) groups excluding carboxylic acids is 3. The van der Waals surface area contributed by atoms with Crippen molar-refractivity contribution in [3.05, 3.63) is 80.7 Å². The van der Waals surface area contributed by atoms with Gasteiger partial charge in [0.15, 0.2) is 23.9 Å². The predicted octanol–water partition coefficient (Wildman–Crippen LogP) is 5.08. The van der Waals surface area contributed by atoms with Crippen molar-refractivity contribution in [3.8, 4) is 17.2 Å². The van der Waals surface area contributed by atoms with Gasteiger partial charge in [0.05, 0.1) is 25.0 Å². The molecule has 0 bridgehead atoms. The molecular formula is C29H24Cl2F2N2O8. The molecule has 0 radical (unpaired) electrons. The number of carbonyl (C=O) groups is 3. The zero-order valence-electron chi connectivity index (χ0n) is 22.6. The third kappa shape index (κ3) is 6.91. The Morgan fingerprint density at radius 3 is 2.47 bits per heavy atom. The van der Waals surface area contributed by atoms with Gasteiger partial charge >= 0.3 is 12.6 Å². The molecule has 226 valence electrons. The van der Waals surface area contributed by atoms with Crippen molar-refractivity contribution in [2.75, 3.05) is 25.2 Å². The summed E-state index contributed by atoms with van der Waals surface area (Å²) in [6.45, 7) is -3.46. The Morgan fingerprint density at radius 1 is 1.09 bits per heavy atom. The summed E-state index contributed by atoms with van der Waals surface area (Å²) in [6, 6.07) is 8.47. The van der Waals surface area contributed by atoms with Crippen LogP contribution in [0.1, 0.15) is 40.4 Å². The van der Waals surface area contributed by atoms with Gasteiger partial charge in [-0.2, -0.15) is 13.5 Å². The zero-order valence-corrected chi connectivity index (χ0v) is 24.1. The topological polar surface area (TPSA) is 118 Å². The number of nitrogens with zero attached hydrogens (tertiary/aromatic N) is 2. The molecule has 1 amide bonds. The maximum absolute atomic E-state index is 13.3. The maximum Gasteiger partial charge on any atom is 0.387 e. The van der Waals surface area contributed by atoms with Crippen molar-refractivity contribution in [3.63, 3.8) is 0 Å². The van der Waals surface area contributed by atoms with E-state index < -0.39 is 36.9 Å². The Kier molecular flexibility index (Phi) is 8.88. The first kappa shape index (κ1) is 30.3. The molecule has 1 aliphatic heterocycles. The summed E-state index contributed by atoms with van der Waals surface area (Å²) >= 11 is 12.6. The largest absolute Gasteiger partial charge is 0.619 e. The summed E-state index contributed by atoms with van der Waals surface area (Å²) in [5.74, 6) is -2.16. The number of amides is 1. The number of alkyl halides is 2. The Balaban J connectivity index is 1.46. The molecule has 1 fully saturated rings. The first-order valence-electron chi connectivity index (χ1n) is 13.1. The third-order valence-electron chi connectivity index (χ3n) is 6.91. The number of pyridine rings is 1. The van der Waals surface area contributed by atoms with E-state index in [0.717, 1.165) is 30.1 Å². The Hall–Kier alpha value is -4.16. The molecule has 2 heterocycles. The van der Waals surface area contributed by atoms with Crippen LogP contribution in [0.25, 0.3) is 0 Å². The predicted molar refractivity (Wildman–Crippen MR) is 149 cm³/mol. The standard InChI is InChI=1S/C29H24Cl2F2N2O8/c1-40-17-5-6-18-22(9-17)35(28(38)27(18)37)13-26(36)42-24(10-19-20(30)11-34(39)12-21(19)31)16-4-7-23(43-29(32)33)25(8-16)41-14-15-2-3-15/h4-9,11-12,15,24,29H,2-3,10,13-14H2,1H3/t24-/m0/s1. The third-order valence-corrected chi connectivity index (χ3v) is 7.57. The fourth-order valence-electron chi connectivity index (χ4n) is 4.54. The number of fused-ring (bicyclic) bond motifs is 1. The summed E-state index contributed by atoms with van der Waals surface area (Å²) in [5, 5.41) is 11.8. The fourth-order valence-corrected chi connectivity index (χ4v) is 5.14. The van der Waals surface area contributed by atoms with Gasteiger partial charge < -0.3 is 24.2 Å². The van der Waals surface area contributed by atoms with Crippen molar-refractivity contribution in [1.82, 2.24) is 0 Å². The van der Waals surface area contributed by atoms with E-state index in [9.17, 15) is 28.4 Å². The van der Waals surface area contributed by atoms with Gasteiger partial charge in [-0.3, -0.25) is 19.3 Å². The van der Waals surface area contributed by atoms with Crippen molar-refractivity contribution >= 4 is 46.5 Å². The van der Waals surface area contributed by atoms with Crippen LogP contribution < -0.4 is 23.8 Å². The molecule has 43 heavy (non-hydrogen) atoms. The average Bonchev–Trinajstić information content (AvgIpc) is 3.76. The smallest absolute Gasteiger partial charge is 0.387 e. The van der Waals surface area contributed by atoms with Crippen LogP contribution in [-0.2, 0) is 20.7 Å². The van der Waals surface area contributed by atoms with Gasteiger partial charge in [-0.1, -0.05) is 29.3 Å². The van der Waals surface area contributed by atoms with E-state index in [-0.39, 0.29) is 51.4 Å². The van der Waals surface area contributed by atoms with E-state index in [1.54, 1.807) is 0 Å². The molecule has 1 aromatic heterocycles. The van der Waals surface area contributed by atoms with Crippen LogP contribution in [0.5, 0.6) is 17.2 Å². The highest BCUT2D eigenvalue weighted by Gasteiger charge is 2.38. The summed E-state index contributed by atoms with van der Waals surface area (Å²) in [6.07, 6.45) is 2.75. The van der Waals surface area contributed by atoms with Crippen LogP contribution in [0.2, 0.25) is 10.0 Å². The number of ketones is 1. The van der Waals surface area contributed by atoms with Gasteiger partial charge in [0.1, 0.15) is 28.4 Å². The van der Waals surface area contributed by atoms with Gasteiger partial charge in [-0.05, 0) is 48.6 Å². The van der Waals surface area contributed by atoms with E-state index in [4.69, 9.17) is 37.4 Å². The highest BCUT2D eigenvalue weighted by atomic mass is 35.5. The first-order valence-corrected chi connectivity index (χ1v) is 13.8. The molecule has 0 N–H and O–H groups in total. The molecule has 1 aliphatic carbocycles. The van der Waals surface area contributed by atoms with Crippen LogP contribution in [0.4, 0.5) is 14.5 Å². The maximum atomic E-state index is 13.3. The Bertz CT molecular complexity index is 1560. The number of aromatic nitrogens is 1. The van der Waals surface area contributed by atoms with Crippen molar-refractivity contribution in [2.24, 2.45) is 5.92 Å². The van der Waals surface area contributed by atoms with Crippen LogP contribution in [0, 0.1) is 11.1 Å². The lowest BCUT2D eigenvalue weighted by atomic mass is 10.0. The second-order valence-corrected chi connectivity index (χ2v) is 10.7. The summed E-state index contributed by atoms with van der Waals surface area (Å²) in [5.41, 5.74) is 0.860. The zero-order chi connectivity index (χ0) is 30.8. The van der Waals surface area contributed by atoms with E-state index in [1.165, 1.54) is 43.5 Å². The SMILES string of the molecule is COc1ccc2c(c1)N(CC(=O)O[C@@H](Cc1c(Cl)c[n+]([O-])cc1Cl)c1ccc(OC(F)F)c(OCC3CC3)c1)C(=O)C2=O. The average molecular weight is 637 g/mol. The van der Waals surface area contributed by atoms with Crippen LogP contribution in [-0.4, -0.2) is 44.5 Å². The number of esters is 1. The van der Waals surface area contributed by atoms with Gasteiger partial charge in [0.25, 0.3) is 11.7 Å². The summed E-state index contributed by atoms with van der Waals surface area (Å²) < 4.78 is 47.9. The van der Waals surface area contributed by atoms with Crippen molar-refractivity contribution in [1.29, 1.82) is 0 Å². The lowest BCUT2D eigenvalue weighted by Crippen LogP contribution is -2.36. The lowest BCUT2D eigenvalue weighted by molar-refractivity contribution is -0.605. The molecule has 2 aromatic carbocycles. The minimum Gasteiger partial charge on any atom is -0.619 e. The molecule has 1 atom stereocenters. The molecule has 2 aliphatic rings. The molecule has 0 unspecified atom stereocenters. The second-order valence-electron chi connectivity index (χ2n) is 9.92. The number of rotatable bonds is 12. The van der Waals surface area contributed by atoms with Crippen LogP contribution >= 0.6 is 23.2 Å². The quantitative estimate of drug-likeness (QED) is 0.117. The number of methoxy groups -OCH3 is 1. The molecular weight excluding hydrogens is 613 g/mol. The Morgan fingerprint density at radius 2 is 1.81 bits per heavy atom. The fraction of sp³-hybridized carbons (Fsp3) is 0.310. The molecule has 3 aromatic rings. The number of ether oxygens (including phenoxy) is 4. The van der Waals surface area contributed by atoms with Crippen molar-refractivity contribution < 1.29 is 46.8 Å². The molecule has 0 saturated heterocycles. The van der Waals surface area contributed by atoms with Gasteiger partial charge in [0, 0.05) is 18.1 Å². The van der Waals surface area contributed by atoms with E-state index in [0.29, 0.717) is 22.0 Å². The van der Waals surface area contributed by atoms with E-state index in [2.05, 4.69) is 4.74 Å². The molecule has 14 heteroatoms. The minimum atomic E-state index is -3.11. The minimum absolute atomic E-state index is 0.00671. The van der Waals surface area contributed by atoms with E-state index in [1.807, 2.05) is 0 Å². The normalized spacial score (nSPS) is 15.0. The molecule has 5 rings (SSSR count). The highest BCUT2D eigenvalue weighted by Crippen LogP contribution is 2.38. The van der Waals surface area contributed by atoms with Crippen LogP contribution in [0.3, 0.4) is 0 Å². The lowest BCUT2D eigenvalue weighted by Gasteiger charge is -2.23. The summed E-state index contributed by atoms with van der Waals surface area (Å²) in [4.78, 5) is 39.5. The molecule has 10 nitrogen and oxygen atoms in total. The van der Waals surface area contributed by atoms with E-state index >= 15 is 0 Å². The number of anilines is 1. The van der Waals surface area contributed by atoms with Crippen molar-refractivity contribution in [2.45, 2.75) is 32.0 Å². The molecule has 1 saturated carbocycles. The van der Waals surface area contributed by atoms with Crippen LogP contribution in [0.15, 0.2) is 48.8 Å². The highest BCUT2D eigenvalue weighted by molar-refractivity contribution is 6.52. The number of benzene rings is 2. The number of halogens is 4. The monoisotopic (exact) mass is 636 g/mol.